The Kier molecular flexibility index (Phi) is 5.06. The fraction of sp³-hybridized carbons (Fsp3) is 0.417. The highest BCUT2D eigenvalue weighted by atomic mass is 19.1. The molecule has 0 heterocycles. The number of hydrogen-bond donors (Lipinski definition) is 0. The van der Waals surface area contributed by atoms with Crippen molar-refractivity contribution in [1.82, 2.24) is 0 Å². The molecule has 0 N–H and O–H groups in total. The SMILES string of the molecule is CCN(CCC#N)c1cc(OC)c([N+](=O)[O-])cc1F. The molecule has 0 radical (unpaired) electrons. The second-order valence-corrected chi connectivity index (χ2v) is 3.72. The Labute approximate surface area is 110 Å². The van der Waals surface area contributed by atoms with E-state index in [1.807, 2.05) is 13.0 Å². The molecular weight excluding hydrogens is 253 g/mol. The van der Waals surface area contributed by atoms with Gasteiger partial charge < -0.3 is 9.64 Å². The summed E-state index contributed by atoms with van der Waals surface area (Å²) >= 11 is 0. The fourth-order valence-corrected chi connectivity index (χ4v) is 1.71. The summed E-state index contributed by atoms with van der Waals surface area (Å²) in [6.45, 7) is 2.65. The molecule has 1 aromatic carbocycles. The fourth-order valence-electron chi connectivity index (χ4n) is 1.71. The van der Waals surface area contributed by atoms with Gasteiger partial charge in [-0.05, 0) is 6.92 Å². The van der Waals surface area contributed by atoms with Crippen LogP contribution in [-0.2, 0) is 0 Å². The summed E-state index contributed by atoms with van der Waals surface area (Å²) in [6.07, 6.45) is 0.243. The molecule has 0 aliphatic rings. The Morgan fingerprint density at radius 3 is 2.74 bits per heavy atom. The van der Waals surface area contributed by atoms with Gasteiger partial charge in [-0.1, -0.05) is 0 Å². The number of nitrogens with zero attached hydrogens (tertiary/aromatic N) is 3. The largest absolute Gasteiger partial charge is 0.490 e. The molecule has 0 unspecified atom stereocenters. The Balaban J connectivity index is 3.21. The molecule has 102 valence electrons. The lowest BCUT2D eigenvalue weighted by Gasteiger charge is -2.22. The summed E-state index contributed by atoms with van der Waals surface area (Å²) in [6, 6.07) is 4.10. The minimum absolute atomic E-state index is 0.00296. The molecule has 0 fully saturated rings. The number of halogens is 1. The predicted octanol–water partition coefficient (Wildman–Crippen LogP) is 2.48. The molecule has 7 heteroatoms. The highest BCUT2D eigenvalue weighted by Crippen LogP contribution is 2.34. The number of methoxy groups -OCH3 is 1. The van der Waals surface area contributed by atoms with Crippen LogP contribution in [0.1, 0.15) is 13.3 Å². The van der Waals surface area contributed by atoms with Gasteiger partial charge in [0.05, 0.1) is 36.3 Å². The van der Waals surface area contributed by atoms with Gasteiger partial charge in [-0.2, -0.15) is 5.26 Å². The number of hydrogen-bond acceptors (Lipinski definition) is 5. The van der Waals surface area contributed by atoms with Crippen LogP contribution < -0.4 is 9.64 Å². The molecule has 0 saturated carbocycles. The molecule has 1 aromatic rings. The van der Waals surface area contributed by atoms with Crippen LogP contribution >= 0.6 is 0 Å². The van der Waals surface area contributed by atoms with Crippen LogP contribution in [-0.4, -0.2) is 25.1 Å². The van der Waals surface area contributed by atoms with Gasteiger partial charge in [0.1, 0.15) is 0 Å². The summed E-state index contributed by atoms with van der Waals surface area (Å²) in [5.41, 5.74) is -0.222. The molecule has 0 aromatic heterocycles. The van der Waals surface area contributed by atoms with E-state index in [0.717, 1.165) is 6.07 Å². The molecule has 0 bridgehead atoms. The Morgan fingerprint density at radius 1 is 1.58 bits per heavy atom. The highest BCUT2D eigenvalue weighted by Gasteiger charge is 2.21. The maximum Gasteiger partial charge on any atom is 0.313 e. The zero-order chi connectivity index (χ0) is 14.4. The first kappa shape index (κ1) is 14.7. The Bertz CT molecular complexity index is 514. The Hall–Kier alpha value is -2.36. The molecule has 1 rings (SSSR count). The minimum atomic E-state index is -0.702. The van der Waals surface area contributed by atoms with E-state index in [2.05, 4.69) is 0 Å². The van der Waals surface area contributed by atoms with Crippen molar-refractivity contribution in [3.8, 4) is 11.8 Å². The lowest BCUT2D eigenvalue weighted by Crippen LogP contribution is -2.24. The smallest absolute Gasteiger partial charge is 0.313 e. The predicted molar refractivity (Wildman–Crippen MR) is 67.7 cm³/mol. The zero-order valence-corrected chi connectivity index (χ0v) is 10.7. The summed E-state index contributed by atoms with van der Waals surface area (Å²) < 4.78 is 18.8. The maximum atomic E-state index is 13.9. The van der Waals surface area contributed by atoms with E-state index in [0.29, 0.717) is 13.1 Å². The second-order valence-electron chi connectivity index (χ2n) is 3.72. The summed E-state index contributed by atoms with van der Waals surface area (Å²) in [7, 11) is 1.29. The number of ether oxygens (including phenoxy) is 1. The number of rotatable bonds is 6. The number of nitro groups is 1. The molecular formula is C12H14FN3O3. The van der Waals surface area contributed by atoms with Gasteiger partial charge in [0.2, 0.25) is 0 Å². The van der Waals surface area contributed by atoms with Crippen LogP contribution in [0.4, 0.5) is 15.8 Å². The Morgan fingerprint density at radius 2 is 2.26 bits per heavy atom. The van der Waals surface area contributed by atoms with E-state index < -0.39 is 16.4 Å². The molecule has 0 aliphatic carbocycles. The van der Waals surface area contributed by atoms with Crippen molar-refractivity contribution in [2.45, 2.75) is 13.3 Å². The zero-order valence-electron chi connectivity index (χ0n) is 10.7. The average Bonchev–Trinajstić information content (AvgIpc) is 2.40. The van der Waals surface area contributed by atoms with Crippen LogP contribution in [0.3, 0.4) is 0 Å². The van der Waals surface area contributed by atoms with Gasteiger partial charge in [0.15, 0.2) is 11.6 Å². The highest BCUT2D eigenvalue weighted by molar-refractivity contribution is 5.60. The maximum absolute atomic E-state index is 13.9. The van der Waals surface area contributed by atoms with Gasteiger partial charge in [0, 0.05) is 19.2 Å². The standard InChI is InChI=1S/C12H14FN3O3/c1-3-15(6-4-5-14)10-8-12(19-2)11(16(17)18)7-9(10)13/h7-8H,3-4,6H2,1-2H3. The molecule has 19 heavy (non-hydrogen) atoms. The normalized spacial score (nSPS) is 9.79. The molecule has 0 spiro atoms. The average molecular weight is 267 g/mol. The monoisotopic (exact) mass is 267 g/mol. The topological polar surface area (TPSA) is 79.4 Å². The van der Waals surface area contributed by atoms with Crippen molar-refractivity contribution < 1.29 is 14.1 Å². The third-order valence-electron chi connectivity index (χ3n) is 2.66. The summed E-state index contributed by atoms with van der Waals surface area (Å²) in [5, 5.41) is 19.3. The quantitative estimate of drug-likeness (QED) is 0.584. The van der Waals surface area contributed by atoms with E-state index in [1.54, 1.807) is 4.90 Å². The van der Waals surface area contributed by atoms with Gasteiger partial charge in [0.25, 0.3) is 0 Å². The third-order valence-corrected chi connectivity index (χ3v) is 2.66. The van der Waals surface area contributed by atoms with Crippen molar-refractivity contribution >= 4 is 11.4 Å². The van der Waals surface area contributed by atoms with E-state index in [-0.39, 0.29) is 17.9 Å². The number of nitriles is 1. The first-order valence-corrected chi connectivity index (χ1v) is 5.69. The first-order valence-electron chi connectivity index (χ1n) is 5.69. The van der Waals surface area contributed by atoms with Crippen LogP contribution in [0.25, 0.3) is 0 Å². The van der Waals surface area contributed by atoms with E-state index in [1.165, 1.54) is 13.2 Å². The van der Waals surface area contributed by atoms with E-state index in [9.17, 15) is 14.5 Å². The van der Waals surface area contributed by atoms with Crippen LogP contribution in [0.2, 0.25) is 0 Å². The first-order chi connectivity index (χ1) is 9.04. The molecule has 6 nitrogen and oxygen atoms in total. The van der Waals surface area contributed by atoms with Crippen molar-refractivity contribution in [3.63, 3.8) is 0 Å². The lowest BCUT2D eigenvalue weighted by atomic mass is 10.2. The van der Waals surface area contributed by atoms with Crippen LogP contribution in [0, 0.1) is 27.3 Å². The number of nitro benzene ring substituents is 1. The van der Waals surface area contributed by atoms with Crippen molar-refractivity contribution in [1.29, 1.82) is 5.26 Å². The van der Waals surface area contributed by atoms with Crippen molar-refractivity contribution in [2.24, 2.45) is 0 Å². The van der Waals surface area contributed by atoms with E-state index in [4.69, 9.17) is 10.00 Å². The van der Waals surface area contributed by atoms with Crippen molar-refractivity contribution in [3.05, 3.63) is 28.1 Å². The van der Waals surface area contributed by atoms with E-state index >= 15 is 0 Å². The molecule has 0 saturated heterocycles. The third kappa shape index (κ3) is 3.31. The molecule has 0 amide bonds. The van der Waals surface area contributed by atoms with Gasteiger partial charge in [-0.15, -0.1) is 0 Å². The van der Waals surface area contributed by atoms with Crippen molar-refractivity contribution in [2.75, 3.05) is 25.1 Å². The second kappa shape index (κ2) is 6.54. The summed E-state index contributed by atoms with van der Waals surface area (Å²) in [4.78, 5) is 11.7. The molecule has 0 atom stereocenters. The number of benzene rings is 1. The van der Waals surface area contributed by atoms with Crippen LogP contribution in [0.15, 0.2) is 12.1 Å². The van der Waals surface area contributed by atoms with Gasteiger partial charge in [-0.3, -0.25) is 10.1 Å². The number of anilines is 1. The van der Waals surface area contributed by atoms with Gasteiger partial charge >= 0.3 is 5.69 Å². The van der Waals surface area contributed by atoms with Crippen LogP contribution in [0.5, 0.6) is 5.75 Å². The summed E-state index contributed by atoms with van der Waals surface area (Å²) in [5.74, 6) is -0.705. The minimum Gasteiger partial charge on any atom is -0.490 e. The molecule has 0 aliphatic heterocycles. The lowest BCUT2D eigenvalue weighted by molar-refractivity contribution is -0.385. The van der Waals surface area contributed by atoms with Gasteiger partial charge in [-0.25, -0.2) is 4.39 Å².